The van der Waals surface area contributed by atoms with Crippen LogP contribution in [0.5, 0.6) is 0 Å². The van der Waals surface area contributed by atoms with Crippen LogP contribution in [0.4, 0.5) is 0 Å². The van der Waals surface area contributed by atoms with Gasteiger partial charge < -0.3 is 9.73 Å². The molecule has 1 aromatic heterocycles. The zero-order chi connectivity index (χ0) is 14.3. The number of furan rings is 1. The van der Waals surface area contributed by atoms with E-state index in [1.807, 2.05) is 0 Å². The van der Waals surface area contributed by atoms with Gasteiger partial charge in [-0.1, -0.05) is 13.8 Å². The molecule has 0 saturated heterocycles. The van der Waals surface area contributed by atoms with Gasteiger partial charge in [0.05, 0.1) is 18.1 Å². The Balaban J connectivity index is 2.28. The van der Waals surface area contributed by atoms with Crippen LogP contribution in [0.25, 0.3) is 0 Å². The van der Waals surface area contributed by atoms with Crippen LogP contribution >= 0.6 is 0 Å². The fraction of sp³-hybridized carbons (Fsp3) is 0.692. The first kappa shape index (κ1) is 16.2. The van der Waals surface area contributed by atoms with Gasteiger partial charge in [-0.2, -0.15) is 0 Å². The van der Waals surface area contributed by atoms with Crippen LogP contribution in [-0.4, -0.2) is 26.8 Å². The zero-order valence-electron chi connectivity index (χ0n) is 11.8. The minimum atomic E-state index is -3.25. The minimum Gasteiger partial charge on any atom is -0.468 e. The molecule has 2 N–H and O–H groups in total. The van der Waals surface area contributed by atoms with E-state index >= 15 is 0 Å². The lowest BCUT2D eigenvalue weighted by molar-refractivity contribution is 0.459. The summed E-state index contributed by atoms with van der Waals surface area (Å²) in [6, 6.07) is 3.62. The summed E-state index contributed by atoms with van der Waals surface area (Å²) < 4.78 is 31.5. The fourth-order valence-corrected chi connectivity index (χ4v) is 3.09. The molecule has 0 fully saturated rings. The molecule has 1 atom stereocenters. The van der Waals surface area contributed by atoms with Gasteiger partial charge in [-0.05, 0) is 38.4 Å². The van der Waals surface area contributed by atoms with Gasteiger partial charge in [0.15, 0.2) is 0 Å². The number of nitrogens with one attached hydrogen (secondary N) is 2. The monoisotopic (exact) mass is 288 g/mol. The van der Waals surface area contributed by atoms with Crippen molar-refractivity contribution in [3.63, 3.8) is 0 Å². The Hall–Kier alpha value is -0.850. The normalized spacial score (nSPS) is 13.9. The van der Waals surface area contributed by atoms with Crippen LogP contribution in [0.3, 0.4) is 0 Å². The van der Waals surface area contributed by atoms with Gasteiger partial charge in [-0.3, -0.25) is 0 Å². The smallest absolute Gasteiger partial charge is 0.212 e. The summed E-state index contributed by atoms with van der Waals surface area (Å²) in [6.45, 7) is 6.77. The van der Waals surface area contributed by atoms with Gasteiger partial charge in [0.25, 0.3) is 0 Å². The van der Waals surface area contributed by atoms with Crippen molar-refractivity contribution in [1.29, 1.82) is 0 Å². The highest BCUT2D eigenvalue weighted by Gasteiger charge is 2.16. The average Bonchev–Trinajstić information content (AvgIpc) is 2.80. The van der Waals surface area contributed by atoms with Crippen LogP contribution < -0.4 is 10.0 Å². The molecule has 19 heavy (non-hydrogen) atoms. The topological polar surface area (TPSA) is 71.3 Å². The summed E-state index contributed by atoms with van der Waals surface area (Å²) >= 11 is 0. The van der Waals surface area contributed by atoms with E-state index in [0.29, 0.717) is 18.2 Å². The Morgan fingerprint density at radius 2 is 2.00 bits per heavy atom. The van der Waals surface area contributed by atoms with Gasteiger partial charge in [0.2, 0.25) is 10.0 Å². The molecule has 1 heterocycles. The van der Waals surface area contributed by atoms with Crippen molar-refractivity contribution in [3.8, 4) is 0 Å². The molecule has 1 rings (SSSR count). The van der Waals surface area contributed by atoms with Crippen molar-refractivity contribution in [3.05, 3.63) is 24.2 Å². The molecule has 110 valence electrons. The number of hydrogen-bond donors (Lipinski definition) is 2. The SMILES string of the molecule is CC(C)NCCCCS(=O)(=O)NC(C)c1ccco1. The summed E-state index contributed by atoms with van der Waals surface area (Å²) in [6.07, 6.45) is 3.05. The van der Waals surface area contributed by atoms with Crippen molar-refractivity contribution in [2.24, 2.45) is 0 Å². The lowest BCUT2D eigenvalue weighted by atomic mass is 10.3. The molecule has 5 nitrogen and oxygen atoms in total. The molecular weight excluding hydrogens is 264 g/mol. The van der Waals surface area contributed by atoms with Crippen molar-refractivity contribution < 1.29 is 12.8 Å². The van der Waals surface area contributed by atoms with Gasteiger partial charge >= 0.3 is 0 Å². The first-order valence-electron chi connectivity index (χ1n) is 6.67. The number of sulfonamides is 1. The van der Waals surface area contributed by atoms with Crippen LogP contribution in [0, 0.1) is 0 Å². The highest BCUT2D eigenvalue weighted by Crippen LogP contribution is 2.13. The van der Waals surface area contributed by atoms with Crippen LogP contribution in [0.1, 0.15) is 45.4 Å². The Labute approximate surface area is 115 Å². The summed E-state index contributed by atoms with van der Waals surface area (Å²) in [7, 11) is -3.25. The van der Waals surface area contributed by atoms with Crippen LogP contribution in [0.15, 0.2) is 22.8 Å². The molecule has 0 saturated carbocycles. The van der Waals surface area contributed by atoms with Crippen LogP contribution in [0.2, 0.25) is 0 Å². The number of hydrogen-bond acceptors (Lipinski definition) is 4. The Morgan fingerprint density at radius 3 is 2.58 bits per heavy atom. The maximum absolute atomic E-state index is 11.9. The third-order valence-electron chi connectivity index (χ3n) is 2.72. The van der Waals surface area contributed by atoms with Crippen molar-refractivity contribution >= 4 is 10.0 Å². The van der Waals surface area contributed by atoms with E-state index in [4.69, 9.17) is 4.42 Å². The van der Waals surface area contributed by atoms with E-state index in [9.17, 15) is 8.42 Å². The summed E-state index contributed by atoms with van der Waals surface area (Å²) in [5.41, 5.74) is 0. The average molecular weight is 288 g/mol. The van der Waals surface area contributed by atoms with E-state index < -0.39 is 10.0 Å². The number of rotatable bonds is 9. The summed E-state index contributed by atoms with van der Waals surface area (Å²) in [5, 5.41) is 3.26. The van der Waals surface area contributed by atoms with Gasteiger partial charge in [-0.15, -0.1) is 0 Å². The Bertz CT molecular complexity index is 440. The molecule has 0 amide bonds. The molecule has 6 heteroatoms. The highest BCUT2D eigenvalue weighted by molar-refractivity contribution is 7.89. The summed E-state index contributed by atoms with van der Waals surface area (Å²) in [4.78, 5) is 0. The van der Waals surface area contributed by atoms with E-state index in [0.717, 1.165) is 13.0 Å². The Kier molecular flexibility index (Phi) is 6.54. The molecule has 0 aliphatic heterocycles. The lowest BCUT2D eigenvalue weighted by Gasteiger charge is -2.12. The quantitative estimate of drug-likeness (QED) is 0.682. The second kappa shape index (κ2) is 7.67. The molecule has 0 bridgehead atoms. The minimum absolute atomic E-state index is 0.151. The van der Waals surface area contributed by atoms with Crippen molar-refractivity contribution in [2.45, 2.75) is 45.7 Å². The third kappa shape index (κ3) is 6.75. The van der Waals surface area contributed by atoms with E-state index in [2.05, 4.69) is 23.9 Å². The van der Waals surface area contributed by atoms with Crippen LogP contribution in [-0.2, 0) is 10.0 Å². The van der Waals surface area contributed by atoms with E-state index in [-0.39, 0.29) is 11.8 Å². The molecule has 0 aromatic carbocycles. The van der Waals surface area contributed by atoms with Gasteiger partial charge in [0, 0.05) is 6.04 Å². The largest absolute Gasteiger partial charge is 0.468 e. The lowest BCUT2D eigenvalue weighted by Crippen LogP contribution is -2.29. The maximum Gasteiger partial charge on any atom is 0.212 e. The van der Waals surface area contributed by atoms with Crippen molar-refractivity contribution in [2.75, 3.05) is 12.3 Å². The third-order valence-corrected chi connectivity index (χ3v) is 4.26. The molecule has 0 radical (unpaired) electrons. The second-order valence-electron chi connectivity index (χ2n) is 4.99. The zero-order valence-corrected chi connectivity index (χ0v) is 12.7. The van der Waals surface area contributed by atoms with Gasteiger partial charge in [-0.25, -0.2) is 13.1 Å². The molecule has 0 aliphatic rings. The van der Waals surface area contributed by atoms with E-state index in [1.54, 1.807) is 19.1 Å². The predicted octanol–water partition coefficient (Wildman–Crippen LogP) is 2.04. The first-order valence-corrected chi connectivity index (χ1v) is 8.33. The Morgan fingerprint density at radius 1 is 1.26 bits per heavy atom. The fourth-order valence-electron chi connectivity index (χ4n) is 1.73. The maximum atomic E-state index is 11.9. The van der Waals surface area contributed by atoms with E-state index in [1.165, 1.54) is 6.26 Å². The molecule has 0 aliphatic carbocycles. The summed E-state index contributed by atoms with van der Waals surface area (Å²) in [5.74, 6) is 0.780. The van der Waals surface area contributed by atoms with Crippen molar-refractivity contribution in [1.82, 2.24) is 10.0 Å². The highest BCUT2D eigenvalue weighted by atomic mass is 32.2. The van der Waals surface area contributed by atoms with Gasteiger partial charge in [0.1, 0.15) is 5.76 Å². The number of unbranched alkanes of at least 4 members (excludes halogenated alkanes) is 1. The first-order chi connectivity index (χ1) is 8.91. The molecular formula is C13H24N2O3S. The molecule has 1 aromatic rings. The second-order valence-corrected chi connectivity index (χ2v) is 6.86. The standard InChI is InChI=1S/C13H24N2O3S/c1-11(2)14-8-4-5-10-19(16,17)15-12(3)13-7-6-9-18-13/h6-7,9,11-12,14-15H,4-5,8,10H2,1-3H3. The predicted molar refractivity (Wildman–Crippen MR) is 76.4 cm³/mol. The molecule has 0 spiro atoms. The molecule has 1 unspecified atom stereocenters.